The summed E-state index contributed by atoms with van der Waals surface area (Å²) in [5.41, 5.74) is 4.39. The van der Waals surface area contributed by atoms with Crippen LogP contribution in [0.1, 0.15) is 28.9 Å². The van der Waals surface area contributed by atoms with Crippen molar-refractivity contribution in [2.24, 2.45) is 0 Å². The van der Waals surface area contributed by atoms with Crippen LogP contribution in [-0.2, 0) is 17.8 Å². The second kappa shape index (κ2) is 9.72. The Hall–Kier alpha value is -2.97. The first kappa shape index (κ1) is 22.8. The van der Waals surface area contributed by atoms with Gasteiger partial charge in [0, 0.05) is 50.5 Å². The summed E-state index contributed by atoms with van der Waals surface area (Å²) in [4.78, 5) is 26.5. The minimum absolute atomic E-state index is 0.215. The average Bonchev–Trinajstić information content (AvgIpc) is 3.28. The van der Waals surface area contributed by atoms with Crippen LogP contribution in [-0.4, -0.2) is 67.7 Å². The Morgan fingerprint density at radius 3 is 2.56 bits per heavy atom. The molecule has 8 heteroatoms. The van der Waals surface area contributed by atoms with Crippen molar-refractivity contribution in [2.45, 2.75) is 38.4 Å². The van der Waals surface area contributed by atoms with Gasteiger partial charge in [0.2, 0.25) is 11.1 Å². The third kappa shape index (κ3) is 4.52. The molecule has 1 fully saturated rings. The summed E-state index contributed by atoms with van der Waals surface area (Å²) in [6.07, 6.45) is 3.12. The molecule has 0 radical (unpaired) electrons. The Morgan fingerprint density at radius 2 is 1.76 bits per heavy atom. The molecule has 2 aromatic carbocycles. The largest absolute Gasteiger partial charge is 0.340 e. The van der Waals surface area contributed by atoms with E-state index in [4.69, 9.17) is 0 Å². The highest BCUT2D eigenvalue weighted by Gasteiger charge is 2.22. The number of piperazine rings is 1. The zero-order chi connectivity index (χ0) is 23.7. The molecule has 0 unspecified atom stereocenters. The molecule has 1 aliphatic heterocycles. The number of hydrogen-bond donors (Lipinski definition) is 0. The van der Waals surface area contributed by atoms with Crippen LogP contribution in [0.3, 0.4) is 0 Å². The van der Waals surface area contributed by atoms with Gasteiger partial charge in [-0.25, -0.2) is 9.50 Å². The zero-order valence-corrected chi connectivity index (χ0v) is 20.8. The van der Waals surface area contributed by atoms with Crippen molar-refractivity contribution >= 4 is 34.2 Å². The number of hydrogen-bond acceptors (Lipinski definition) is 6. The summed E-state index contributed by atoms with van der Waals surface area (Å²) in [6, 6.07) is 15.1. The molecule has 0 aliphatic carbocycles. The Kier molecular flexibility index (Phi) is 6.52. The number of amides is 1. The van der Waals surface area contributed by atoms with Crippen LogP contribution in [0.5, 0.6) is 0 Å². The van der Waals surface area contributed by atoms with Crippen molar-refractivity contribution in [3.05, 3.63) is 65.0 Å². The number of benzene rings is 2. The molecule has 4 aromatic rings. The number of carbonyl (C=O) groups is 1. The van der Waals surface area contributed by atoms with Crippen LogP contribution in [0.4, 0.5) is 0 Å². The average molecular weight is 475 g/mol. The van der Waals surface area contributed by atoms with Crippen LogP contribution in [0, 0.1) is 13.8 Å². The number of aromatic nitrogens is 4. The summed E-state index contributed by atoms with van der Waals surface area (Å²) in [6.45, 7) is 8.30. The lowest BCUT2D eigenvalue weighted by molar-refractivity contribution is -0.133. The molecule has 0 spiro atoms. The van der Waals surface area contributed by atoms with E-state index in [9.17, 15) is 4.79 Å². The predicted octanol–water partition coefficient (Wildman–Crippen LogP) is 3.89. The van der Waals surface area contributed by atoms with Crippen molar-refractivity contribution in [1.82, 2.24) is 29.4 Å². The third-order valence-corrected chi connectivity index (χ3v) is 7.34. The van der Waals surface area contributed by atoms with Crippen molar-refractivity contribution in [3.63, 3.8) is 0 Å². The molecular formula is C26H30N6OS. The molecule has 1 aliphatic rings. The van der Waals surface area contributed by atoms with Gasteiger partial charge in [-0.15, -0.1) is 5.10 Å². The summed E-state index contributed by atoms with van der Waals surface area (Å²) in [7, 11) is 0. The Morgan fingerprint density at radius 1 is 1.00 bits per heavy atom. The highest BCUT2D eigenvalue weighted by Crippen LogP contribution is 2.21. The van der Waals surface area contributed by atoms with Gasteiger partial charge in [0.1, 0.15) is 0 Å². The molecule has 176 valence electrons. The summed E-state index contributed by atoms with van der Waals surface area (Å²) >= 11 is 1.51. The quantitative estimate of drug-likeness (QED) is 0.395. The highest BCUT2D eigenvalue weighted by atomic mass is 32.2. The van der Waals surface area contributed by atoms with E-state index >= 15 is 0 Å². The molecule has 1 amide bonds. The molecule has 1 saturated heterocycles. The van der Waals surface area contributed by atoms with E-state index in [1.165, 1.54) is 28.1 Å². The topological polar surface area (TPSA) is 66.6 Å². The fraction of sp³-hybridized carbons (Fsp3) is 0.385. The molecule has 0 bridgehead atoms. The Bertz CT molecular complexity index is 1340. The predicted molar refractivity (Wildman–Crippen MR) is 136 cm³/mol. The molecule has 0 N–H and O–H groups in total. The van der Waals surface area contributed by atoms with Crippen LogP contribution in [0.15, 0.2) is 47.6 Å². The minimum Gasteiger partial charge on any atom is -0.340 e. The van der Waals surface area contributed by atoms with Gasteiger partial charge >= 0.3 is 0 Å². The van der Waals surface area contributed by atoms with Gasteiger partial charge in [-0.1, -0.05) is 54.2 Å². The highest BCUT2D eigenvalue weighted by molar-refractivity contribution is 7.98. The fourth-order valence-electron chi connectivity index (χ4n) is 4.85. The van der Waals surface area contributed by atoms with E-state index in [-0.39, 0.29) is 5.91 Å². The van der Waals surface area contributed by atoms with Crippen LogP contribution in [0.2, 0.25) is 0 Å². The number of fused-ring (bicyclic) bond motifs is 2. The van der Waals surface area contributed by atoms with Gasteiger partial charge in [0.05, 0.1) is 0 Å². The van der Waals surface area contributed by atoms with E-state index in [1.807, 2.05) is 25.0 Å². The van der Waals surface area contributed by atoms with Gasteiger partial charge in [-0.2, -0.15) is 4.98 Å². The van der Waals surface area contributed by atoms with E-state index in [1.54, 1.807) is 4.52 Å². The molecule has 34 heavy (non-hydrogen) atoms. The van der Waals surface area contributed by atoms with Crippen LogP contribution < -0.4 is 0 Å². The lowest BCUT2D eigenvalue weighted by Gasteiger charge is -2.35. The van der Waals surface area contributed by atoms with Gasteiger partial charge in [0.25, 0.3) is 5.78 Å². The fourth-order valence-corrected chi connectivity index (χ4v) is 5.19. The smallest absolute Gasteiger partial charge is 0.253 e. The van der Waals surface area contributed by atoms with Gasteiger partial charge in [-0.05, 0) is 48.4 Å². The normalized spacial score (nSPS) is 14.9. The third-order valence-electron chi connectivity index (χ3n) is 6.80. The van der Waals surface area contributed by atoms with Gasteiger partial charge in [-0.3, -0.25) is 9.69 Å². The van der Waals surface area contributed by atoms with E-state index in [0.717, 1.165) is 49.7 Å². The number of aryl methyl sites for hydroxylation is 2. The summed E-state index contributed by atoms with van der Waals surface area (Å²) < 4.78 is 1.80. The molecule has 2 aromatic heterocycles. The minimum atomic E-state index is 0.215. The molecule has 5 rings (SSSR count). The maximum Gasteiger partial charge on any atom is 0.253 e. The monoisotopic (exact) mass is 474 g/mol. The Balaban J connectivity index is 1.19. The lowest BCUT2D eigenvalue weighted by Crippen LogP contribution is -2.48. The lowest BCUT2D eigenvalue weighted by atomic mass is 10.0. The first-order valence-electron chi connectivity index (χ1n) is 11.8. The van der Waals surface area contributed by atoms with E-state index in [2.05, 4.69) is 62.4 Å². The van der Waals surface area contributed by atoms with Gasteiger partial charge < -0.3 is 4.90 Å². The molecule has 0 saturated carbocycles. The van der Waals surface area contributed by atoms with E-state index in [0.29, 0.717) is 23.8 Å². The first-order chi connectivity index (χ1) is 16.5. The second-order valence-corrected chi connectivity index (χ2v) is 9.64. The van der Waals surface area contributed by atoms with Crippen LogP contribution >= 0.6 is 11.8 Å². The molecular weight excluding hydrogens is 444 g/mol. The van der Waals surface area contributed by atoms with Crippen molar-refractivity contribution < 1.29 is 4.79 Å². The number of carbonyl (C=O) groups excluding carboxylic acids is 1. The van der Waals surface area contributed by atoms with Crippen LogP contribution in [0.25, 0.3) is 16.6 Å². The summed E-state index contributed by atoms with van der Waals surface area (Å²) in [5, 5.41) is 7.83. The zero-order valence-electron chi connectivity index (χ0n) is 20.0. The van der Waals surface area contributed by atoms with Gasteiger partial charge in [0.15, 0.2) is 0 Å². The maximum absolute atomic E-state index is 13.0. The maximum atomic E-state index is 13.0. The first-order valence-corrected chi connectivity index (χ1v) is 13.0. The van der Waals surface area contributed by atoms with Crippen molar-refractivity contribution in [1.29, 1.82) is 0 Å². The Labute approximate surface area is 204 Å². The van der Waals surface area contributed by atoms with E-state index < -0.39 is 0 Å². The number of thioether (sulfide) groups is 1. The van der Waals surface area contributed by atoms with Crippen molar-refractivity contribution in [3.8, 4) is 0 Å². The molecule has 7 nitrogen and oxygen atoms in total. The van der Waals surface area contributed by atoms with Crippen molar-refractivity contribution in [2.75, 3.05) is 32.4 Å². The SMILES string of the molecule is CSc1nc2nc(C)c(CCC(=O)N3CCN(Cc4cccc5ccccc45)CC3)c(C)n2n1. The molecule has 0 atom stereocenters. The standard InChI is InChI=1S/C26H30N6OS/c1-18-22(19(2)32-25(27-18)28-26(29-32)34-3)11-12-24(33)31-15-13-30(14-16-31)17-21-9-6-8-20-7-4-5-10-23(20)21/h4-10H,11-17H2,1-3H3. The second-order valence-electron chi connectivity index (χ2n) is 8.87. The molecule has 3 heterocycles. The summed E-state index contributed by atoms with van der Waals surface area (Å²) in [5.74, 6) is 0.837. The number of nitrogens with zero attached hydrogens (tertiary/aromatic N) is 6. The number of rotatable bonds is 6.